The molecule has 3 aromatic carbocycles. The number of benzene rings is 3. The summed E-state index contributed by atoms with van der Waals surface area (Å²) in [5.41, 5.74) is 9.40. The Morgan fingerprint density at radius 3 is 1.94 bits per heavy atom. The van der Waals surface area contributed by atoms with Crippen molar-refractivity contribution in [3.05, 3.63) is 143 Å². The van der Waals surface area contributed by atoms with Gasteiger partial charge in [-0.05, 0) is 60.3 Å². The number of carbonyl (C=O) groups excluding carboxylic acids is 1. The quantitative estimate of drug-likeness (QED) is 0.172. The second kappa shape index (κ2) is 11.9. The van der Waals surface area contributed by atoms with Crippen LogP contribution in [-0.2, 0) is 10.3 Å². The van der Waals surface area contributed by atoms with Gasteiger partial charge in [0.2, 0.25) is 5.91 Å². The Balaban J connectivity index is 1.32. The zero-order chi connectivity index (χ0) is 34.0. The Morgan fingerprint density at radius 1 is 0.780 bits per heavy atom. The lowest BCUT2D eigenvalue weighted by Crippen LogP contribution is -2.47. The fourth-order valence-corrected chi connectivity index (χ4v) is 8.99. The maximum absolute atomic E-state index is 15.6. The summed E-state index contributed by atoms with van der Waals surface area (Å²) >= 11 is 6.62. The Labute approximate surface area is 292 Å². The largest absolute Gasteiger partial charge is 0.369 e. The number of nitrogens with two attached hydrogens (primary N) is 1. The summed E-state index contributed by atoms with van der Waals surface area (Å²) in [6.07, 6.45) is 8.44. The molecule has 10 rings (SSSR count). The molecule has 50 heavy (non-hydrogen) atoms. The van der Waals surface area contributed by atoms with E-state index in [1.54, 1.807) is 6.20 Å². The molecule has 2 N–H and O–H groups in total. The van der Waals surface area contributed by atoms with E-state index in [9.17, 15) is 4.79 Å². The van der Waals surface area contributed by atoms with Gasteiger partial charge in [-0.25, -0.2) is 24.0 Å². The maximum Gasteiger partial charge on any atom is 0.222 e. The lowest BCUT2D eigenvalue weighted by Gasteiger charge is -2.47. The van der Waals surface area contributed by atoms with E-state index >= 15 is 4.39 Å². The number of nitrogens with zero attached hydrogens (tertiary/aromatic N) is 6. The minimum absolute atomic E-state index is 0.180. The van der Waals surface area contributed by atoms with Crippen molar-refractivity contribution in [1.29, 1.82) is 0 Å². The molecule has 4 heterocycles. The number of halogens is 2. The van der Waals surface area contributed by atoms with Gasteiger partial charge >= 0.3 is 0 Å². The van der Waals surface area contributed by atoms with Crippen molar-refractivity contribution >= 4 is 39.6 Å². The van der Waals surface area contributed by atoms with Gasteiger partial charge in [0.1, 0.15) is 16.9 Å². The number of amides is 1. The first-order valence-corrected chi connectivity index (χ1v) is 17.4. The lowest BCUT2D eigenvalue weighted by molar-refractivity contribution is -0.130. The molecule has 2 bridgehead atoms. The monoisotopic (exact) mass is 681 g/mol. The molecule has 3 aliphatic rings. The van der Waals surface area contributed by atoms with Gasteiger partial charge in [0.15, 0.2) is 17.3 Å². The standard InChI is InChI=1S/C40H33ClFN7O/c41-29-20-30-34(37-44-22-31-32(42)23-48(39(31)46-37)35-25-18-16-24(17-19-25)33(35)36(43)50)47-49(38(30)45-21-29)40(26-10-4-1-5-11-26,27-12-6-2-7-13-27)28-14-8-3-9-15-28/h1-15,20-25,33,35H,16-19H2,(H2,43,50)/t24?,25?,33-,35-/m1/s1. The Bertz CT molecular complexity index is 2270. The van der Waals surface area contributed by atoms with Crippen LogP contribution in [0.2, 0.25) is 5.02 Å². The van der Waals surface area contributed by atoms with Crippen LogP contribution in [0.1, 0.15) is 48.4 Å². The van der Waals surface area contributed by atoms with Crippen molar-refractivity contribution in [2.45, 2.75) is 37.3 Å². The summed E-state index contributed by atoms with van der Waals surface area (Å²) in [6, 6.07) is 32.2. The summed E-state index contributed by atoms with van der Waals surface area (Å²) in [4.78, 5) is 27.4. The molecule has 7 aromatic rings. The number of pyridine rings is 1. The van der Waals surface area contributed by atoms with E-state index in [2.05, 4.69) is 41.4 Å². The third-order valence-corrected chi connectivity index (χ3v) is 11.1. The summed E-state index contributed by atoms with van der Waals surface area (Å²) in [6.45, 7) is 0. The van der Waals surface area contributed by atoms with Crippen LogP contribution in [0.15, 0.2) is 116 Å². The highest BCUT2D eigenvalue weighted by molar-refractivity contribution is 6.31. The van der Waals surface area contributed by atoms with Crippen molar-refractivity contribution in [3.63, 3.8) is 0 Å². The van der Waals surface area contributed by atoms with Gasteiger partial charge in [-0.2, -0.15) is 5.10 Å². The Kier molecular flexibility index (Phi) is 7.28. The second-order valence-electron chi connectivity index (χ2n) is 13.5. The molecule has 0 unspecified atom stereocenters. The minimum Gasteiger partial charge on any atom is -0.369 e. The first kappa shape index (κ1) is 30.6. The minimum atomic E-state index is -0.965. The molecule has 3 saturated carbocycles. The highest BCUT2D eigenvalue weighted by atomic mass is 35.5. The zero-order valence-corrected chi connectivity index (χ0v) is 27.8. The van der Waals surface area contributed by atoms with Gasteiger partial charge in [0, 0.05) is 24.6 Å². The number of carbonyl (C=O) groups is 1. The summed E-state index contributed by atoms with van der Waals surface area (Å²) in [5.74, 6) is -0.485. The third-order valence-electron chi connectivity index (χ3n) is 10.9. The van der Waals surface area contributed by atoms with Crippen LogP contribution in [0.4, 0.5) is 4.39 Å². The third kappa shape index (κ3) is 4.60. The van der Waals surface area contributed by atoms with Crippen molar-refractivity contribution in [2.24, 2.45) is 23.5 Å². The van der Waals surface area contributed by atoms with E-state index in [-0.39, 0.29) is 35.1 Å². The van der Waals surface area contributed by atoms with Crippen molar-refractivity contribution in [1.82, 2.24) is 29.3 Å². The SMILES string of the molecule is NC(=O)[C@@H]1C2CCC(CC2)[C@H]1n1cc(F)c2cnc(-c3nn(C(c4ccccc4)(c4ccccc4)c4ccccc4)c4ncc(Cl)cc34)nc21. The Morgan fingerprint density at radius 2 is 1.36 bits per heavy atom. The average Bonchev–Trinajstić information content (AvgIpc) is 3.70. The molecule has 248 valence electrons. The summed E-state index contributed by atoms with van der Waals surface area (Å²) in [7, 11) is 0. The molecule has 3 aliphatic carbocycles. The van der Waals surface area contributed by atoms with Crippen molar-refractivity contribution in [2.75, 3.05) is 0 Å². The van der Waals surface area contributed by atoms with E-state index < -0.39 is 11.4 Å². The molecule has 2 atom stereocenters. The van der Waals surface area contributed by atoms with E-state index in [1.807, 2.05) is 69.9 Å². The van der Waals surface area contributed by atoms with Gasteiger partial charge in [0.25, 0.3) is 0 Å². The number of rotatable bonds is 7. The highest BCUT2D eigenvalue weighted by Gasteiger charge is 2.48. The smallest absolute Gasteiger partial charge is 0.222 e. The van der Waals surface area contributed by atoms with E-state index in [4.69, 9.17) is 32.4 Å². The van der Waals surface area contributed by atoms with E-state index in [1.165, 1.54) is 12.4 Å². The fraction of sp³-hybridized carbons (Fsp3) is 0.225. The summed E-state index contributed by atoms with van der Waals surface area (Å²) < 4.78 is 19.4. The topological polar surface area (TPSA) is 105 Å². The van der Waals surface area contributed by atoms with E-state index in [0.29, 0.717) is 33.2 Å². The first-order chi connectivity index (χ1) is 24.4. The second-order valence-corrected chi connectivity index (χ2v) is 13.9. The molecule has 0 spiro atoms. The first-order valence-electron chi connectivity index (χ1n) is 17.0. The van der Waals surface area contributed by atoms with Crippen LogP contribution in [0.5, 0.6) is 0 Å². The molecule has 4 aromatic heterocycles. The maximum atomic E-state index is 15.6. The number of aromatic nitrogens is 6. The lowest BCUT2D eigenvalue weighted by atomic mass is 9.61. The van der Waals surface area contributed by atoms with Crippen LogP contribution < -0.4 is 5.73 Å². The molecule has 0 radical (unpaired) electrons. The van der Waals surface area contributed by atoms with Gasteiger partial charge in [-0.3, -0.25) is 4.79 Å². The number of hydrogen-bond acceptors (Lipinski definition) is 5. The van der Waals surface area contributed by atoms with Gasteiger partial charge in [-0.15, -0.1) is 0 Å². The molecule has 10 heteroatoms. The normalized spacial score (nSPS) is 20.4. The molecule has 0 aliphatic heterocycles. The van der Waals surface area contributed by atoms with Crippen molar-refractivity contribution in [3.8, 4) is 11.5 Å². The highest BCUT2D eigenvalue weighted by Crippen LogP contribution is 2.52. The van der Waals surface area contributed by atoms with Gasteiger partial charge in [-0.1, -0.05) is 103 Å². The van der Waals surface area contributed by atoms with E-state index in [0.717, 1.165) is 42.4 Å². The number of primary amides is 1. The molecule has 3 fully saturated rings. The Hall–Kier alpha value is -5.41. The van der Waals surface area contributed by atoms with Crippen LogP contribution in [0.25, 0.3) is 33.6 Å². The predicted molar refractivity (Wildman–Crippen MR) is 191 cm³/mol. The number of hydrogen-bond donors (Lipinski definition) is 1. The van der Waals surface area contributed by atoms with Crippen LogP contribution in [0.3, 0.4) is 0 Å². The molecule has 8 nitrogen and oxygen atoms in total. The van der Waals surface area contributed by atoms with Crippen molar-refractivity contribution < 1.29 is 9.18 Å². The fourth-order valence-electron chi connectivity index (χ4n) is 8.83. The number of fused-ring (bicyclic) bond motifs is 5. The molecule has 1 amide bonds. The van der Waals surface area contributed by atoms with Crippen LogP contribution >= 0.6 is 11.6 Å². The van der Waals surface area contributed by atoms with Gasteiger partial charge < -0.3 is 10.3 Å². The van der Waals surface area contributed by atoms with Gasteiger partial charge in [0.05, 0.1) is 21.7 Å². The van der Waals surface area contributed by atoms with Crippen LogP contribution in [0, 0.1) is 23.6 Å². The molecular weight excluding hydrogens is 649 g/mol. The summed E-state index contributed by atoms with van der Waals surface area (Å²) in [5, 5.41) is 6.69. The molecule has 0 saturated heterocycles. The van der Waals surface area contributed by atoms with Crippen LogP contribution in [-0.4, -0.2) is 35.2 Å². The molecular formula is C40H33ClFN7O. The predicted octanol–water partition coefficient (Wildman–Crippen LogP) is 7.94. The average molecular weight is 682 g/mol. The zero-order valence-electron chi connectivity index (χ0n) is 27.0.